The molecule has 1 aliphatic heterocycles. The Balaban J connectivity index is 2.16. The molecule has 100 valence electrons. The van der Waals surface area contributed by atoms with Crippen molar-refractivity contribution in [3.63, 3.8) is 0 Å². The summed E-state index contributed by atoms with van der Waals surface area (Å²) >= 11 is 5.73. The fourth-order valence-corrected chi connectivity index (χ4v) is 3.56. The summed E-state index contributed by atoms with van der Waals surface area (Å²) in [6, 6.07) is 1.63. The minimum atomic E-state index is -3.38. The van der Waals surface area contributed by atoms with Crippen LogP contribution < -0.4 is 4.72 Å². The first-order chi connectivity index (χ1) is 8.49. The molecule has 0 radical (unpaired) electrons. The lowest BCUT2D eigenvalue weighted by atomic mass is 10.2. The number of rotatable bonds is 3. The van der Waals surface area contributed by atoms with Gasteiger partial charge in [0.15, 0.2) is 0 Å². The lowest BCUT2D eigenvalue weighted by molar-refractivity contribution is 0.0984. The molecule has 2 heterocycles. The van der Waals surface area contributed by atoms with E-state index in [-0.39, 0.29) is 0 Å². The fourth-order valence-electron chi connectivity index (χ4n) is 1.85. The predicted octanol–water partition coefficient (Wildman–Crippen LogP) is 1.96. The second-order valence-corrected chi connectivity index (χ2v) is 6.63. The third-order valence-corrected chi connectivity index (χ3v) is 5.00. The number of nitrogens with one attached hydrogen (secondary N) is 1. The lowest BCUT2D eigenvalue weighted by Crippen LogP contribution is -2.33. The second-order valence-electron chi connectivity index (χ2n) is 4.28. The van der Waals surface area contributed by atoms with Crippen LogP contribution in [0.2, 0.25) is 5.15 Å². The van der Waals surface area contributed by atoms with Crippen LogP contribution in [-0.2, 0) is 14.8 Å². The summed E-state index contributed by atoms with van der Waals surface area (Å²) in [5.74, 6) is 0. The molecule has 0 spiro atoms. The van der Waals surface area contributed by atoms with Crippen molar-refractivity contribution < 1.29 is 13.2 Å². The number of nitrogens with zero attached hydrogens (tertiary/aromatic N) is 1. The Morgan fingerprint density at radius 3 is 2.72 bits per heavy atom. The van der Waals surface area contributed by atoms with Crippen molar-refractivity contribution in [2.75, 3.05) is 17.9 Å². The van der Waals surface area contributed by atoms with Gasteiger partial charge in [-0.05, 0) is 31.4 Å². The molecule has 0 atom stereocenters. The van der Waals surface area contributed by atoms with Crippen LogP contribution in [0.15, 0.2) is 12.3 Å². The lowest BCUT2D eigenvalue weighted by Gasteiger charge is -2.23. The Morgan fingerprint density at radius 1 is 1.44 bits per heavy atom. The van der Waals surface area contributed by atoms with Crippen molar-refractivity contribution in [2.45, 2.75) is 25.0 Å². The molecule has 0 unspecified atom stereocenters. The summed E-state index contributed by atoms with van der Waals surface area (Å²) in [6.45, 7) is 2.77. The van der Waals surface area contributed by atoms with Gasteiger partial charge in [0.2, 0.25) is 10.0 Å². The summed E-state index contributed by atoms with van der Waals surface area (Å²) in [4.78, 5) is 3.88. The smallest absolute Gasteiger partial charge is 0.235 e. The van der Waals surface area contributed by atoms with Crippen molar-refractivity contribution in [1.29, 1.82) is 0 Å². The first-order valence-corrected chi connectivity index (χ1v) is 7.63. The molecule has 7 heteroatoms. The fraction of sp³-hybridized carbons (Fsp3) is 0.545. The minimum Gasteiger partial charge on any atom is -0.381 e. The van der Waals surface area contributed by atoms with Crippen LogP contribution in [0.3, 0.4) is 0 Å². The molecule has 0 aromatic carbocycles. The standard InChI is InChI=1S/C11H15ClN2O3S/c1-8-6-11(12)13-7-10(8)14-18(15,16)9-2-4-17-5-3-9/h6-7,9,14H,2-5H2,1H3. The van der Waals surface area contributed by atoms with Gasteiger partial charge in [-0.3, -0.25) is 4.72 Å². The number of aromatic nitrogens is 1. The van der Waals surface area contributed by atoms with E-state index in [9.17, 15) is 8.42 Å². The van der Waals surface area contributed by atoms with E-state index in [4.69, 9.17) is 16.3 Å². The molecule has 0 amide bonds. The van der Waals surface area contributed by atoms with Gasteiger partial charge in [0.05, 0.1) is 17.1 Å². The number of sulfonamides is 1. The molecule has 1 aromatic heterocycles. The van der Waals surface area contributed by atoms with Crippen LogP contribution in [0.4, 0.5) is 5.69 Å². The Bertz CT molecular complexity index is 527. The molecule has 18 heavy (non-hydrogen) atoms. The van der Waals surface area contributed by atoms with E-state index < -0.39 is 15.3 Å². The molecular formula is C11H15ClN2O3S. The SMILES string of the molecule is Cc1cc(Cl)ncc1NS(=O)(=O)C1CCOCC1. The highest BCUT2D eigenvalue weighted by atomic mass is 35.5. The number of pyridine rings is 1. The minimum absolute atomic E-state index is 0.349. The van der Waals surface area contributed by atoms with Gasteiger partial charge in [-0.15, -0.1) is 0 Å². The van der Waals surface area contributed by atoms with Gasteiger partial charge in [0.1, 0.15) is 5.15 Å². The first-order valence-electron chi connectivity index (χ1n) is 5.70. The van der Waals surface area contributed by atoms with E-state index in [2.05, 4.69) is 9.71 Å². The summed E-state index contributed by atoms with van der Waals surface area (Å²) in [5.41, 5.74) is 1.23. The van der Waals surface area contributed by atoms with E-state index in [1.54, 1.807) is 13.0 Å². The van der Waals surface area contributed by atoms with Crippen LogP contribution in [0, 0.1) is 6.92 Å². The van der Waals surface area contributed by atoms with Crippen molar-refractivity contribution >= 4 is 27.3 Å². The summed E-state index contributed by atoms with van der Waals surface area (Å²) < 4.78 is 32.1. The summed E-state index contributed by atoms with van der Waals surface area (Å²) in [7, 11) is -3.38. The van der Waals surface area contributed by atoms with E-state index in [1.165, 1.54) is 6.20 Å². The monoisotopic (exact) mass is 290 g/mol. The van der Waals surface area contributed by atoms with Crippen LogP contribution in [-0.4, -0.2) is 31.9 Å². The Labute approximate surface area is 112 Å². The predicted molar refractivity (Wildman–Crippen MR) is 70.4 cm³/mol. The molecule has 5 nitrogen and oxygen atoms in total. The molecule has 1 aromatic rings. The van der Waals surface area contributed by atoms with Gasteiger partial charge in [-0.25, -0.2) is 13.4 Å². The van der Waals surface area contributed by atoms with Crippen LogP contribution >= 0.6 is 11.6 Å². The molecule has 0 bridgehead atoms. The molecule has 1 aliphatic rings. The van der Waals surface area contributed by atoms with Gasteiger partial charge in [0, 0.05) is 13.2 Å². The largest absolute Gasteiger partial charge is 0.381 e. The Morgan fingerprint density at radius 2 is 2.11 bits per heavy atom. The number of hydrogen-bond acceptors (Lipinski definition) is 4. The maximum absolute atomic E-state index is 12.2. The van der Waals surface area contributed by atoms with Crippen LogP contribution in [0.5, 0.6) is 0 Å². The van der Waals surface area contributed by atoms with Crippen LogP contribution in [0.25, 0.3) is 0 Å². The zero-order valence-electron chi connectivity index (χ0n) is 10.0. The zero-order chi connectivity index (χ0) is 13.2. The van der Waals surface area contributed by atoms with E-state index in [0.717, 1.165) is 5.56 Å². The number of aryl methyl sites for hydroxylation is 1. The Kier molecular flexibility index (Phi) is 4.09. The number of anilines is 1. The van der Waals surface area contributed by atoms with Gasteiger partial charge in [-0.2, -0.15) is 0 Å². The third kappa shape index (κ3) is 3.13. The third-order valence-electron chi connectivity index (χ3n) is 2.94. The van der Waals surface area contributed by atoms with Crippen molar-refractivity contribution in [2.24, 2.45) is 0 Å². The van der Waals surface area contributed by atoms with E-state index in [0.29, 0.717) is 36.9 Å². The molecule has 1 saturated heterocycles. The normalized spacial score (nSPS) is 17.7. The van der Waals surface area contributed by atoms with Gasteiger partial charge in [-0.1, -0.05) is 11.6 Å². The van der Waals surface area contributed by atoms with Gasteiger partial charge >= 0.3 is 0 Å². The van der Waals surface area contributed by atoms with Crippen molar-refractivity contribution in [1.82, 2.24) is 4.98 Å². The molecule has 1 fully saturated rings. The average Bonchev–Trinajstić information content (AvgIpc) is 2.34. The first kappa shape index (κ1) is 13.6. The van der Waals surface area contributed by atoms with E-state index >= 15 is 0 Å². The molecule has 0 aliphatic carbocycles. The van der Waals surface area contributed by atoms with Crippen molar-refractivity contribution in [3.05, 3.63) is 23.0 Å². The average molecular weight is 291 g/mol. The second kappa shape index (κ2) is 5.42. The highest BCUT2D eigenvalue weighted by Gasteiger charge is 2.28. The molecule has 1 N–H and O–H groups in total. The molecule has 2 rings (SSSR count). The van der Waals surface area contributed by atoms with Gasteiger partial charge in [0.25, 0.3) is 0 Å². The maximum Gasteiger partial charge on any atom is 0.235 e. The maximum atomic E-state index is 12.2. The van der Waals surface area contributed by atoms with Crippen LogP contribution in [0.1, 0.15) is 18.4 Å². The number of hydrogen-bond donors (Lipinski definition) is 1. The Hall–Kier alpha value is -0.850. The van der Waals surface area contributed by atoms with Crippen molar-refractivity contribution in [3.8, 4) is 0 Å². The summed E-state index contributed by atoms with van der Waals surface area (Å²) in [5, 5.41) is -0.0529. The zero-order valence-corrected chi connectivity index (χ0v) is 11.6. The summed E-state index contributed by atoms with van der Waals surface area (Å²) in [6.07, 6.45) is 2.49. The highest BCUT2D eigenvalue weighted by Crippen LogP contribution is 2.22. The number of ether oxygens (including phenoxy) is 1. The highest BCUT2D eigenvalue weighted by molar-refractivity contribution is 7.93. The molecule has 0 saturated carbocycles. The van der Waals surface area contributed by atoms with E-state index in [1.807, 2.05) is 0 Å². The quantitative estimate of drug-likeness (QED) is 0.864. The number of halogens is 1. The van der Waals surface area contributed by atoms with Gasteiger partial charge < -0.3 is 4.74 Å². The topological polar surface area (TPSA) is 68.3 Å². The molecular weight excluding hydrogens is 276 g/mol.